The van der Waals surface area contributed by atoms with Gasteiger partial charge in [0.1, 0.15) is 12.3 Å². The quantitative estimate of drug-likeness (QED) is 0.0786. The van der Waals surface area contributed by atoms with Crippen LogP contribution < -0.4 is 0 Å². The standard InChI is InChI=1S/C52H86N2O6/c1-34(2)13-12-14-35(3)41-20-21-44-40-18-17-38-33-39(22-25-49(38,6)45(40)23-26-50(41,44)7)56-46(55)15-10-9-11-28-53-29-31-54(32-30-53)47-37(5)43-19-16-36(4)42-24-27-51(8)58-48(57-47)52(42,43)60-59-51/h17,34-37,39-45,47-48H,9-16,18-33H2,1-8H3/t35-,36+,37+,39-,40-,41?,42-,43-,44-,45-,47-,48+,49-,50+,51-,52+/m0/s1. The number of hydrogen-bond acceptors (Lipinski definition) is 8. The molecule has 60 heavy (non-hydrogen) atoms. The maximum absolute atomic E-state index is 13.2. The van der Waals surface area contributed by atoms with Gasteiger partial charge in [-0.3, -0.25) is 9.69 Å². The highest BCUT2D eigenvalue weighted by molar-refractivity contribution is 5.69. The lowest BCUT2D eigenvalue weighted by molar-refractivity contribution is -0.574. The molecular formula is C52H86N2O6. The van der Waals surface area contributed by atoms with Crippen molar-refractivity contribution in [3.8, 4) is 0 Å². The molecule has 0 radical (unpaired) electrons. The molecule has 8 heteroatoms. The average molecular weight is 835 g/mol. The molecule has 0 N–H and O–H groups in total. The van der Waals surface area contributed by atoms with Crippen LogP contribution in [-0.4, -0.2) is 78.5 Å². The molecule has 10 rings (SSSR count). The Morgan fingerprint density at radius 3 is 2.40 bits per heavy atom. The van der Waals surface area contributed by atoms with E-state index in [1.807, 2.05) is 6.92 Å². The summed E-state index contributed by atoms with van der Waals surface area (Å²) < 4.78 is 19.8. The first-order valence-electron chi connectivity index (χ1n) is 25.8. The van der Waals surface area contributed by atoms with Gasteiger partial charge in [0.15, 0.2) is 11.9 Å². The van der Waals surface area contributed by atoms with Gasteiger partial charge in [-0.2, -0.15) is 0 Å². The van der Waals surface area contributed by atoms with Crippen LogP contribution in [0.1, 0.15) is 177 Å². The first-order valence-corrected chi connectivity index (χ1v) is 25.8. The summed E-state index contributed by atoms with van der Waals surface area (Å²) in [4.78, 5) is 30.8. The molecule has 9 fully saturated rings. The fourth-order valence-corrected chi connectivity index (χ4v) is 16.3. The summed E-state index contributed by atoms with van der Waals surface area (Å²) in [7, 11) is 0. The van der Waals surface area contributed by atoms with E-state index in [1.165, 1.54) is 64.2 Å². The molecule has 0 amide bonds. The van der Waals surface area contributed by atoms with Crippen LogP contribution in [0.15, 0.2) is 11.6 Å². The molecule has 0 aromatic rings. The van der Waals surface area contributed by atoms with E-state index in [0.717, 1.165) is 120 Å². The van der Waals surface area contributed by atoms with E-state index in [1.54, 1.807) is 5.57 Å². The zero-order chi connectivity index (χ0) is 42.0. The topological polar surface area (TPSA) is 69.7 Å². The van der Waals surface area contributed by atoms with Crippen molar-refractivity contribution < 1.29 is 28.8 Å². The molecule has 0 aromatic heterocycles. The molecule has 5 aliphatic heterocycles. The molecule has 1 spiro atoms. The van der Waals surface area contributed by atoms with Crippen LogP contribution in [0.3, 0.4) is 0 Å². The summed E-state index contributed by atoms with van der Waals surface area (Å²) >= 11 is 0. The van der Waals surface area contributed by atoms with Crippen LogP contribution in [0.25, 0.3) is 0 Å². The maximum Gasteiger partial charge on any atom is 0.306 e. The summed E-state index contributed by atoms with van der Waals surface area (Å²) in [5.74, 6) is 6.17. The number of ether oxygens (including phenoxy) is 3. The van der Waals surface area contributed by atoms with Crippen molar-refractivity contribution in [2.24, 2.45) is 70.0 Å². The lowest BCUT2D eigenvalue weighted by atomic mass is 9.47. The summed E-state index contributed by atoms with van der Waals surface area (Å²) in [5.41, 5.74) is 1.97. The molecule has 5 heterocycles. The number of rotatable bonds is 13. The van der Waals surface area contributed by atoms with Gasteiger partial charge >= 0.3 is 5.97 Å². The normalized spacial score (nSPS) is 47.1. The smallest absolute Gasteiger partial charge is 0.306 e. The molecule has 10 aliphatic rings. The van der Waals surface area contributed by atoms with E-state index in [4.69, 9.17) is 24.0 Å². The largest absolute Gasteiger partial charge is 0.462 e. The molecule has 1 unspecified atom stereocenters. The third-order valence-corrected chi connectivity index (χ3v) is 19.8. The van der Waals surface area contributed by atoms with E-state index >= 15 is 0 Å². The van der Waals surface area contributed by atoms with Crippen molar-refractivity contribution in [3.63, 3.8) is 0 Å². The number of carbonyl (C=O) groups excluding carboxylic acids is 1. The lowest BCUT2D eigenvalue weighted by Crippen LogP contribution is -2.72. The highest BCUT2D eigenvalue weighted by Crippen LogP contribution is 2.68. The van der Waals surface area contributed by atoms with E-state index in [9.17, 15) is 4.79 Å². The number of nitrogens with zero attached hydrogens (tertiary/aromatic N) is 2. The van der Waals surface area contributed by atoms with E-state index in [2.05, 4.69) is 64.3 Å². The zero-order valence-electron chi connectivity index (χ0n) is 39.4. The SMILES string of the molecule is CC(C)CCC[C@H](C)C1CC[C@H]2[C@@H]3CC=C4C[C@@H](OC(=O)CCCCCN5CCN([C@H]6O[C@@H]7O[C@]8(C)CC[C@H]9[C@H](C)CC[C@@H]([C@H]6C)[C@@]79OO8)CC5)CC[C@]4(C)[C@H]3CC[C@]12C. The van der Waals surface area contributed by atoms with Crippen molar-refractivity contribution in [2.45, 2.75) is 207 Å². The van der Waals surface area contributed by atoms with Gasteiger partial charge in [0, 0.05) is 57.3 Å². The van der Waals surface area contributed by atoms with Gasteiger partial charge in [-0.25, -0.2) is 9.78 Å². The predicted octanol–water partition coefficient (Wildman–Crippen LogP) is 11.3. The molecule has 0 aromatic carbocycles. The Labute approximate surface area is 365 Å². The van der Waals surface area contributed by atoms with Crippen LogP contribution in [0, 0.1) is 70.0 Å². The second-order valence-electron chi connectivity index (χ2n) is 23.6. The van der Waals surface area contributed by atoms with Gasteiger partial charge in [-0.15, -0.1) is 0 Å². The third-order valence-electron chi connectivity index (χ3n) is 19.8. The Balaban J connectivity index is 0.690. The summed E-state index contributed by atoms with van der Waals surface area (Å²) in [6, 6.07) is 0. The number of carbonyl (C=O) groups is 1. The van der Waals surface area contributed by atoms with Crippen molar-refractivity contribution in [1.82, 2.24) is 9.80 Å². The number of unbranched alkanes of at least 4 members (excludes halogenated alkanes) is 2. The minimum absolute atomic E-state index is 0.0263. The molecule has 8 nitrogen and oxygen atoms in total. The van der Waals surface area contributed by atoms with Crippen molar-refractivity contribution in [2.75, 3.05) is 32.7 Å². The number of esters is 1. The Hall–Kier alpha value is -1.03. The lowest BCUT2D eigenvalue weighted by Gasteiger charge is -2.61. The average Bonchev–Trinajstić information content (AvgIpc) is 3.42. The van der Waals surface area contributed by atoms with Crippen LogP contribution in [0.5, 0.6) is 0 Å². The van der Waals surface area contributed by atoms with Gasteiger partial charge < -0.3 is 19.1 Å². The molecule has 340 valence electrons. The number of fused-ring (bicyclic) bond motifs is 7. The second-order valence-corrected chi connectivity index (χ2v) is 23.6. The predicted molar refractivity (Wildman–Crippen MR) is 236 cm³/mol. The Bertz CT molecular complexity index is 1550. The van der Waals surface area contributed by atoms with Crippen molar-refractivity contribution in [1.29, 1.82) is 0 Å². The number of piperazine rings is 1. The Morgan fingerprint density at radius 1 is 0.817 bits per heavy atom. The Kier molecular flexibility index (Phi) is 12.8. The van der Waals surface area contributed by atoms with Crippen LogP contribution in [0.2, 0.25) is 0 Å². The van der Waals surface area contributed by atoms with Crippen molar-refractivity contribution in [3.05, 3.63) is 11.6 Å². The fourth-order valence-electron chi connectivity index (χ4n) is 16.3. The van der Waals surface area contributed by atoms with E-state index in [-0.39, 0.29) is 24.6 Å². The number of allylic oxidation sites excluding steroid dienone is 1. The summed E-state index contributed by atoms with van der Waals surface area (Å²) in [6.07, 6.45) is 24.8. The molecule has 16 atom stereocenters. The van der Waals surface area contributed by atoms with Gasteiger partial charge in [0.25, 0.3) is 0 Å². The Morgan fingerprint density at radius 2 is 1.60 bits per heavy atom. The first kappa shape index (κ1) is 44.2. The number of hydrogen-bond donors (Lipinski definition) is 0. The van der Waals surface area contributed by atoms with Gasteiger partial charge in [-0.1, -0.05) is 85.8 Å². The summed E-state index contributed by atoms with van der Waals surface area (Å²) in [5, 5.41) is 0. The monoisotopic (exact) mass is 835 g/mol. The highest BCUT2D eigenvalue weighted by Gasteiger charge is 2.70. The minimum Gasteiger partial charge on any atom is -0.462 e. The van der Waals surface area contributed by atoms with Gasteiger partial charge in [0.2, 0.25) is 5.79 Å². The van der Waals surface area contributed by atoms with Crippen LogP contribution in [0.4, 0.5) is 0 Å². The van der Waals surface area contributed by atoms with E-state index < -0.39 is 11.4 Å². The minimum atomic E-state index is -0.726. The van der Waals surface area contributed by atoms with Crippen molar-refractivity contribution >= 4 is 5.97 Å². The second kappa shape index (κ2) is 17.4. The van der Waals surface area contributed by atoms with Crippen LogP contribution in [-0.2, 0) is 28.8 Å². The molecule has 5 aliphatic carbocycles. The third kappa shape index (κ3) is 7.94. The van der Waals surface area contributed by atoms with Gasteiger partial charge in [-0.05, 0) is 149 Å². The summed E-state index contributed by atoms with van der Waals surface area (Å²) in [6.45, 7) is 24.7. The highest BCUT2D eigenvalue weighted by atomic mass is 17.3. The maximum atomic E-state index is 13.2. The fraction of sp³-hybridized carbons (Fsp3) is 0.942. The molecular weight excluding hydrogens is 749 g/mol. The van der Waals surface area contributed by atoms with Gasteiger partial charge in [0.05, 0.1) is 0 Å². The molecule has 5 saturated heterocycles. The zero-order valence-corrected chi connectivity index (χ0v) is 39.4. The van der Waals surface area contributed by atoms with Crippen LogP contribution >= 0.6 is 0 Å². The molecule has 2 bridgehead atoms. The first-order chi connectivity index (χ1) is 28.7. The molecule has 4 saturated carbocycles. The van der Waals surface area contributed by atoms with E-state index in [0.29, 0.717) is 40.9 Å².